The van der Waals surface area contributed by atoms with Gasteiger partial charge in [0.05, 0.1) is 17.9 Å². The van der Waals surface area contributed by atoms with Gasteiger partial charge in [-0.25, -0.2) is 22.5 Å². The van der Waals surface area contributed by atoms with Gasteiger partial charge in [-0.1, -0.05) is 0 Å². The molecule has 0 unspecified atom stereocenters. The lowest BCUT2D eigenvalue weighted by atomic mass is 10.2. The summed E-state index contributed by atoms with van der Waals surface area (Å²) in [6.07, 6.45) is 1.76. The maximum atomic E-state index is 13.6. The minimum absolute atomic E-state index is 0.0134. The highest BCUT2D eigenvalue weighted by Crippen LogP contribution is 2.25. The smallest absolute Gasteiger partial charge is 0.194 e. The Labute approximate surface area is 120 Å². The molecule has 0 saturated carbocycles. The Morgan fingerprint density at radius 2 is 1.86 bits per heavy atom. The molecule has 0 aliphatic rings. The molecule has 0 amide bonds. The number of benzene rings is 1. The van der Waals surface area contributed by atoms with E-state index in [-0.39, 0.29) is 12.6 Å². The number of hydrogen-bond donors (Lipinski definition) is 1. The average molecular weight is 315 g/mol. The van der Waals surface area contributed by atoms with E-state index in [1.807, 2.05) is 5.38 Å². The van der Waals surface area contributed by atoms with Crippen LogP contribution in [0.2, 0.25) is 0 Å². The standard InChI is InChI=1S/C13H9F4N3S/c1-6-9(20-2-3-21-13(20)19-6)5-18-12-10(16)7(14)4-8(15)11(12)17/h2-4,18H,5H2,1H3. The van der Waals surface area contributed by atoms with E-state index in [0.717, 1.165) is 4.96 Å². The molecule has 2 heterocycles. The van der Waals surface area contributed by atoms with Gasteiger partial charge in [0.2, 0.25) is 0 Å². The van der Waals surface area contributed by atoms with Crippen LogP contribution in [0.1, 0.15) is 11.4 Å². The highest BCUT2D eigenvalue weighted by atomic mass is 32.1. The summed E-state index contributed by atoms with van der Waals surface area (Å²) in [5, 5.41) is 4.22. The predicted octanol–water partition coefficient (Wildman–Crippen LogP) is 3.87. The number of imidazole rings is 1. The molecule has 1 N–H and O–H groups in total. The van der Waals surface area contributed by atoms with E-state index in [2.05, 4.69) is 10.3 Å². The Bertz CT molecular complexity index is 798. The van der Waals surface area contributed by atoms with Crippen molar-refractivity contribution in [1.29, 1.82) is 0 Å². The van der Waals surface area contributed by atoms with Crippen LogP contribution >= 0.6 is 11.3 Å². The molecule has 0 spiro atoms. The van der Waals surface area contributed by atoms with E-state index in [4.69, 9.17) is 0 Å². The third-order valence-corrected chi connectivity index (χ3v) is 3.86. The van der Waals surface area contributed by atoms with E-state index < -0.39 is 29.0 Å². The third kappa shape index (κ3) is 2.25. The van der Waals surface area contributed by atoms with E-state index in [1.165, 1.54) is 11.3 Å². The highest BCUT2D eigenvalue weighted by molar-refractivity contribution is 7.15. The summed E-state index contributed by atoms with van der Waals surface area (Å²) in [5.41, 5.74) is 0.513. The number of aromatic nitrogens is 2. The Morgan fingerprint density at radius 3 is 2.52 bits per heavy atom. The van der Waals surface area contributed by atoms with Crippen LogP contribution in [-0.4, -0.2) is 9.38 Å². The van der Waals surface area contributed by atoms with Crippen LogP contribution in [0.15, 0.2) is 17.6 Å². The zero-order valence-corrected chi connectivity index (χ0v) is 11.6. The molecule has 8 heteroatoms. The maximum Gasteiger partial charge on any atom is 0.194 e. The van der Waals surface area contributed by atoms with Gasteiger partial charge < -0.3 is 5.32 Å². The predicted molar refractivity (Wildman–Crippen MR) is 71.4 cm³/mol. The molecule has 2 aromatic heterocycles. The van der Waals surface area contributed by atoms with Crippen molar-refractivity contribution in [2.75, 3.05) is 5.32 Å². The van der Waals surface area contributed by atoms with Crippen molar-refractivity contribution in [3.8, 4) is 0 Å². The number of anilines is 1. The lowest BCUT2D eigenvalue weighted by Gasteiger charge is -2.10. The number of thiazole rings is 1. The molecule has 0 bridgehead atoms. The summed E-state index contributed by atoms with van der Waals surface area (Å²) in [5.74, 6) is -5.78. The normalized spacial score (nSPS) is 11.3. The molecule has 0 saturated heterocycles. The van der Waals surface area contributed by atoms with Crippen molar-refractivity contribution in [1.82, 2.24) is 9.38 Å². The van der Waals surface area contributed by atoms with E-state index in [0.29, 0.717) is 11.4 Å². The van der Waals surface area contributed by atoms with Crippen molar-refractivity contribution in [2.24, 2.45) is 0 Å². The molecule has 1 aromatic carbocycles. The van der Waals surface area contributed by atoms with Crippen LogP contribution in [0.5, 0.6) is 0 Å². The lowest BCUT2D eigenvalue weighted by molar-refractivity contribution is 0.458. The second kappa shape index (κ2) is 5.03. The van der Waals surface area contributed by atoms with Gasteiger partial charge >= 0.3 is 0 Å². The molecule has 3 rings (SSSR count). The molecule has 3 nitrogen and oxygen atoms in total. The number of rotatable bonds is 3. The average Bonchev–Trinajstić information content (AvgIpc) is 2.98. The summed E-state index contributed by atoms with van der Waals surface area (Å²) >= 11 is 1.41. The number of hydrogen-bond acceptors (Lipinski definition) is 3. The summed E-state index contributed by atoms with van der Waals surface area (Å²) < 4.78 is 55.1. The second-order valence-corrected chi connectivity index (χ2v) is 5.27. The minimum Gasteiger partial charge on any atom is -0.374 e. The molecule has 110 valence electrons. The summed E-state index contributed by atoms with van der Waals surface area (Å²) in [6.45, 7) is 1.73. The van der Waals surface area contributed by atoms with Crippen molar-refractivity contribution in [3.63, 3.8) is 0 Å². The zero-order valence-electron chi connectivity index (χ0n) is 10.8. The zero-order chi connectivity index (χ0) is 15.1. The molecular weight excluding hydrogens is 306 g/mol. The van der Waals surface area contributed by atoms with Crippen LogP contribution in [0.4, 0.5) is 23.2 Å². The second-order valence-electron chi connectivity index (χ2n) is 4.40. The quantitative estimate of drug-likeness (QED) is 0.587. The first-order valence-corrected chi connectivity index (χ1v) is 6.85. The number of nitrogens with one attached hydrogen (secondary N) is 1. The van der Waals surface area contributed by atoms with Gasteiger partial charge in [0.25, 0.3) is 0 Å². The largest absolute Gasteiger partial charge is 0.374 e. The number of nitrogens with zero attached hydrogens (tertiary/aromatic N) is 2. The fraction of sp³-hybridized carbons (Fsp3) is 0.154. The molecule has 3 aromatic rings. The van der Waals surface area contributed by atoms with Gasteiger partial charge in [-0.2, -0.15) is 0 Å². The summed E-state index contributed by atoms with van der Waals surface area (Å²) in [6, 6.07) is 0.178. The van der Waals surface area contributed by atoms with Crippen molar-refractivity contribution in [2.45, 2.75) is 13.5 Å². The molecule has 0 fully saturated rings. The highest BCUT2D eigenvalue weighted by Gasteiger charge is 2.19. The fourth-order valence-corrected chi connectivity index (χ4v) is 2.83. The summed E-state index contributed by atoms with van der Waals surface area (Å²) in [7, 11) is 0. The van der Waals surface area contributed by atoms with Crippen LogP contribution in [-0.2, 0) is 6.54 Å². The molecular formula is C13H9F4N3S. The topological polar surface area (TPSA) is 29.3 Å². The van der Waals surface area contributed by atoms with Gasteiger partial charge in [0.1, 0.15) is 5.69 Å². The first kappa shape index (κ1) is 13.9. The van der Waals surface area contributed by atoms with Crippen molar-refractivity contribution >= 4 is 22.0 Å². The Hall–Kier alpha value is -2.09. The van der Waals surface area contributed by atoms with E-state index in [9.17, 15) is 17.6 Å². The first-order chi connectivity index (χ1) is 9.99. The van der Waals surface area contributed by atoms with Crippen molar-refractivity contribution in [3.05, 3.63) is 52.3 Å². The lowest BCUT2D eigenvalue weighted by Crippen LogP contribution is -2.09. The van der Waals surface area contributed by atoms with Gasteiger partial charge in [0.15, 0.2) is 28.2 Å². The Kier molecular flexibility index (Phi) is 3.32. The first-order valence-electron chi connectivity index (χ1n) is 5.97. The van der Waals surface area contributed by atoms with Crippen LogP contribution in [0.3, 0.4) is 0 Å². The third-order valence-electron chi connectivity index (χ3n) is 3.11. The van der Waals surface area contributed by atoms with Crippen molar-refractivity contribution < 1.29 is 17.6 Å². The van der Waals surface area contributed by atoms with Crippen LogP contribution in [0, 0.1) is 30.2 Å². The van der Waals surface area contributed by atoms with Gasteiger partial charge in [-0.15, -0.1) is 11.3 Å². The fourth-order valence-electron chi connectivity index (χ4n) is 2.05. The van der Waals surface area contributed by atoms with E-state index >= 15 is 0 Å². The van der Waals surface area contributed by atoms with E-state index in [1.54, 1.807) is 17.5 Å². The van der Waals surface area contributed by atoms with Crippen LogP contribution in [0.25, 0.3) is 4.96 Å². The monoisotopic (exact) mass is 315 g/mol. The number of fused-ring (bicyclic) bond motifs is 1. The molecule has 0 atom stereocenters. The Balaban J connectivity index is 1.95. The van der Waals surface area contributed by atoms with Gasteiger partial charge in [0, 0.05) is 17.6 Å². The summed E-state index contributed by atoms with van der Waals surface area (Å²) in [4.78, 5) is 5.00. The van der Waals surface area contributed by atoms with Gasteiger partial charge in [-0.3, -0.25) is 4.40 Å². The maximum absolute atomic E-state index is 13.6. The van der Waals surface area contributed by atoms with Gasteiger partial charge in [-0.05, 0) is 6.92 Å². The molecule has 0 aliphatic heterocycles. The Morgan fingerprint density at radius 1 is 1.19 bits per heavy atom. The van der Waals surface area contributed by atoms with Crippen LogP contribution < -0.4 is 5.32 Å². The number of aryl methyl sites for hydroxylation is 1. The molecule has 0 aliphatic carbocycles. The minimum atomic E-state index is -1.45. The number of halogens is 4. The molecule has 21 heavy (non-hydrogen) atoms. The SMILES string of the molecule is Cc1nc2sccn2c1CNc1c(F)c(F)cc(F)c1F. The molecule has 0 radical (unpaired) electrons.